The summed E-state index contributed by atoms with van der Waals surface area (Å²) in [6, 6.07) is 10.8. The molecule has 1 aliphatic rings. The molecule has 0 spiro atoms. The summed E-state index contributed by atoms with van der Waals surface area (Å²) in [7, 11) is -2.24. The number of carbonyl (C=O) groups is 2. The smallest absolute Gasteiger partial charge is 0.240 e. The van der Waals surface area contributed by atoms with E-state index in [0.717, 1.165) is 11.3 Å². The second kappa shape index (κ2) is 8.93. The number of hydrogen-bond donors (Lipinski definition) is 1. The van der Waals surface area contributed by atoms with Crippen LogP contribution in [0, 0.1) is 5.82 Å². The maximum Gasteiger partial charge on any atom is 0.240 e. The SMILES string of the molecule is CC(=O)N1CCc2cc(S(=O)(=O)NCCC(=O)N(C)Cc3ccccc3F)ccc21. The van der Waals surface area contributed by atoms with E-state index in [2.05, 4.69) is 4.72 Å². The minimum Gasteiger partial charge on any atom is -0.341 e. The van der Waals surface area contributed by atoms with Crippen LogP contribution in [0.5, 0.6) is 0 Å². The van der Waals surface area contributed by atoms with Crippen LogP contribution in [0.1, 0.15) is 24.5 Å². The zero-order valence-corrected chi connectivity index (χ0v) is 17.7. The largest absolute Gasteiger partial charge is 0.341 e. The molecule has 1 aliphatic heterocycles. The molecule has 0 saturated carbocycles. The first-order chi connectivity index (χ1) is 14.2. The summed E-state index contributed by atoms with van der Waals surface area (Å²) >= 11 is 0. The summed E-state index contributed by atoms with van der Waals surface area (Å²) < 4.78 is 41.3. The lowest BCUT2D eigenvalue weighted by atomic mass is 10.2. The normalized spacial score (nSPS) is 13.2. The third-order valence-corrected chi connectivity index (χ3v) is 6.52. The minimum atomic E-state index is -3.79. The van der Waals surface area contributed by atoms with Gasteiger partial charge in [0.25, 0.3) is 0 Å². The number of fused-ring (bicyclic) bond motifs is 1. The third kappa shape index (κ3) is 4.85. The Morgan fingerprint density at radius 3 is 2.63 bits per heavy atom. The molecule has 2 aromatic rings. The second-order valence-corrected chi connectivity index (χ2v) is 8.97. The topological polar surface area (TPSA) is 86.8 Å². The van der Waals surface area contributed by atoms with Crippen LogP contribution in [0.4, 0.5) is 10.1 Å². The van der Waals surface area contributed by atoms with Gasteiger partial charge in [0.05, 0.1) is 4.90 Å². The van der Waals surface area contributed by atoms with Crippen LogP contribution in [0.3, 0.4) is 0 Å². The van der Waals surface area contributed by atoms with E-state index in [1.54, 1.807) is 42.3 Å². The standard InChI is InChI=1S/C21H24FN3O4S/c1-15(26)25-12-10-16-13-18(7-8-20(16)25)30(28,29)23-11-9-21(27)24(2)14-17-5-3-4-6-19(17)22/h3-8,13,23H,9-12,14H2,1-2H3. The molecule has 3 rings (SSSR count). The van der Waals surface area contributed by atoms with Gasteiger partial charge in [0.1, 0.15) is 5.82 Å². The molecule has 0 radical (unpaired) electrons. The van der Waals surface area contributed by atoms with Gasteiger partial charge < -0.3 is 9.80 Å². The molecule has 2 amide bonds. The second-order valence-electron chi connectivity index (χ2n) is 7.20. The molecule has 1 N–H and O–H groups in total. The van der Waals surface area contributed by atoms with Crippen LogP contribution >= 0.6 is 0 Å². The summed E-state index contributed by atoms with van der Waals surface area (Å²) in [6.07, 6.45) is 0.546. The number of anilines is 1. The van der Waals surface area contributed by atoms with Crippen LogP contribution in [0.2, 0.25) is 0 Å². The molecule has 1 heterocycles. The summed E-state index contributed by atoms with van der Waals surface area (Å²) in [6.45, 7) is 2.04. The van der Waals surface area contributed by atoms with Crippen LogP contribution in [0.25, 0.3) is 0 Å². The molecule has 160 valence electrons. The van der Waals surface area contributed by atoms with E-state index in [0.29, 0.717) is 18.5 Å². The van der Waals surface area contributed by atoms with Crippen molar-refractivity contribution in [3.8, 4) is 0 Å². The molecule has 7 nitrogen and oxygen atoms in total. The van der Waals surface area contributed by atoms with Crippen LogP contribution in [0.15, 0.2) is 47.4 Å². The Labute approximate surface area is 175 Å². The van der Waals surface area contributed by atoms with E-state index in [-0.39, 0.29) is 36.2 Å². The Kier molecular flexibility index (Phi) is 6.52. The van der Waals surface area contributed by atoms with Crippen LogP contribution < -0.4 is 9.62 Å². The third-order valence-electron chi connectivity index (χ3n) is 5.06. The molecule has 30 heavy (non-hydrogen) atoms. The van der Waals surface area contributed by atoms with Gasteiger partial charge in [-0.1, -0.05) is 18.2 Å². The number of nitrogens with one attached hydrogen (secondary N) is 1. The number of benzene rings is 2. The molecule has 0 atom stereocenters. The molecule has 0 aliphatic carbocycles. The Morgan fingerprint density at radius 1 is 1.20 bits per heavy atom. The number of nitrogens with zero attached hydrogens (tertiary/aromatic N) is 2. The predicted molar refractivity (Wildman–Crippen MR) is 111 cm³/mol. The Morgan fingerprint density at radius 2 is 1.93 bits per heavy atom. The van der Waals surface area contributed by atoms with Crippen molar-refractivity contribution < 1.29 is 22.4 Å². The molecule has 0 bridgehead atoms. The fourth-order valence-electron chi connectivity index (χ4n) is 3.41. The molecule has 9 heteroatoms. The number of carbonyl (C=O) groups excluding carboxylic acids is 2. The summed E-state index contributed by atoms with van der Waals surface area (Å²) in [5.41, 5.74) is 1.92. The van der Waals surface area contributed by atoms with E-state index in [9.17, 15) is 22.4 Å². The van der Waals surface area contributed by atoms with Gasteiger partial charge in [-0.25, -0.2) is 17.5 Å². The summed E-state index contributed by atoms with van der Waals surface area (Å²) in [5, 5.41) is 0. The molecular formula is C21H24FN3O4S. The fourth-order valence-corrected chi connectivity index (χ4v) is 4.49. The number of hydrogen-bond acceptors (Lipinski definition) is 4. The first kappa shape index (κ1) is 21.9. The molecule has 2 aromatic carbocycles. The van der Waals surface area contributed by atoms with E-state index in [1.165, 1.54) is 24.0 Å². The maximum absolute atomic E-state index is 13.7. The predicted octanol–water partition coefficient (Wildman–Crippen LogP) is 2.06. The van der Waals surface area contributed by atoms with Crippen molar-refractivity contribution in [1.82, 2.24) is 9.62 Å². The average molecular weight is 434 g/mol. The molecule has 0 aromatic heterocycles. The van der Waals surface area contributed by atoms with E-state index in [4.69, 9.17) is 0 Å². The Balaban J connectivity index is 1.57. The lowest BCUT2D eigenvalue weighted by Gasteiger charge is -2.18. The van der Waals surface area contributed by atoms with Gasteiger partial charge in [-0.2, -0.15) is 0 Å². The lowest BCUT2D eigenvalue weighted by Crippen LogP contribution is -2.32. The van der Waals surface area contributed by atoms with Crippen molar-refractivity contribution in [3.05, 3.63) is 59.4 Å². The van der Waals surface area contributed by atoms with Crippen molar-refractivity contribution in [2.45, 2.75) is 31.2 Å². The molecule has 0 fully saturated rings. The van der Waals surface area contributed by atoms with Crippen LogP contribution in [-0.4, -0.2) is 45.3 Å². The van der Waals surface area contributed by atoms with Crippen LogP contribution in [-0.2, 0) is 32.6 Å². The molecular weight excluding hydrogens is 409 g/mol. The highest BCUT2D eigenvalue weighted by Crippen LogP contribution is 2.30. The van der Waals surface area contributed by atoms with E-state index in [1.807, 2.05) is 0 Å². The van der Waals surface area contributed by atoms with Crippen molar-refractivity contribution in [2.24, 2.45) is 0 Å². The highest BCUT2D eigenvalue weighted by Gasteiger charge is 2.25. The summed E-state index contributed by atoms with van der Waals surface area (Å²) in [5.74, 6) is -0.773. The first-order valence-corrected chi connectivity index (χ1v) is 11.1. The highest BCUT2D eigenvalue weighted by atomic mass is 32.2. The fraction of sp³-hybridized carbons (Fsp3) is 0.333. The quantitative estimate of drug-likeness (QED) is 0.724. The Hall–Kier alpha value is -2.78. The zero-order valence-electron chi connectivity index (χ0n) is 16.9. The van der Waals surface area contributed by atoms with Crippen molar-refractivity contribution >= 4 is 27.5 Å². The Bertz CT molecular complexity index is 1070. The first-order valence-electron chi connectivity index (χ1n) is 9.57. The van der Waals surface area contributed by atoms with Gasteiger partial charge in [-0.3, -0.25) is 9.59 Å². The van der Waals surface area contributed by atoms with E-state index < -0.39 is 15.8 Å². The molecule has 0 saturated heterocycles. The average Bonchev–Trinajstić information content (AvgIpc) is 3.13. The number of halogens is 1. The lowest BCUT2D eigenvalue weighted by molar-refractivity contribution is -0.130. The van der Waals surface area contributed by atoms with Crippen molar-refractivity contribution in [3.63, 3.8) is 0 Å². The number of sulfonamides is 1. The van der Waals surface area contributed by atoms with E-state index >= 15 is 0 Å². The van der Waals surface area contributed by atoms with Crippen molar-refractivity contribution in [1.29, 1.82) is 0 Å². The maximum atomic E-state index is 13.7. The van der Waals surface area contributed by atoms with Gasteiger partial charge in [-0.05, 0) is 36.2 Å². The van der Waals surface area contributed by atoms with Gasteiger partial charge in [0.2, 0.25) is 21.8 Å². The van der Waals surface area contributed by atoms with Crippen molar-refractivity contribution in [2.75, 3.05) is 25.0 Å². The molecule has 0 unspecified atom stereocenters. The van der Waals surface area contributed by atoms with Gasteiger partial charge in [-0.15, -0.1) is 0 Å². The number of rotatable bonds is 7. The minimum absolute atomic E-state index is 0.0484. The number of amides is 2. The summed E-state index contributed by atoms with van der Waals surface area (Å²) in [4.78, 5) is 27.0. The van der Waals surface area contributed by atoms with Gasteiger partial charge >= 0.3 is 0 Å². The highest BCUT2D eigenvalue weighted by molar-refractivity contribution is 7.89. The van der Waals surface area contributed by atoms with Gasteiger partial charge in [0.15, 0.2) is 0 Å². The zero-order chi connectivity index (χ0) is 21.9. The van der Waals surface area contributed by atoms with Gasteiger partial charge in [0, 0.05) is 51.3 Å². The monoisotopic (exact) mass is 433 g/mol.